The van der Waals surface area contributed by atoms with Gasteiger partial charge in [-0.3, -0.25) is 0 Å². The molecule has 4 N–H and O–H groups in total. The van der Waals surface area contributed by atoms with Gasteiger partial charge in [-0.2, -0.15) is 0 Å². The molecule has 0 aliphatic heterocycles. The number of nitrogens with one attached hydrogen (secondary N) is 2. The molecule has 0 aromatic carbocycles. The lowest BCUT2D eigenvalue weighted by Crippen LogP contribution is -2.14. The predicted octanol–water partition coefficient (Wildman–Crippen LogP) is 1.14. The summed E-state index contributed by atoms with van der Waals surface area (Å²) in [4.78, 5) is 8.14. The topological polar surface area (TPSA) is 75.9 Å². The van der Waals surface area contributed by atoms with Gasteiger partial charge >= 0.3 is 0 Å². The van der Waals surface area contributed by atoms with Gasteiger partial charge in [-0.25, -0.2) is 15.8 Å². The third-order valence-electron chi connectivity index (χ3n) is 1.90. The maximum atomic E-state index is 5.31. The van der Waals surface area contributed by atoms with E-state index < -0.39 is 0 Å². The molecule has 0 bridgehead atoms. The van der Waals surface area contributed by atoms with E-state index in [1.165, 1.54) is 6.33 Å². The van der Waals surface area contributed by atoms with Crippen molar-refractivity contribution in [3.63, 3.8) is 0 Å². The first kappa shape index (κ1) is 10.7. The zero-order chi connectivity index (χ0) is 10.6. The Labute approximate surface area is 84.1 Å². The molecule has 1 rings (SSSR count). The smallest absolute Gasteiger partial charge is 0.148 e. The van der Waals surface area contributed by atoms with Crippen LogP contribution in [0.4, 0.5) is 11.6 Å². The summed E-state index contributed by atoms with van der Waals surface area (Å²) in [7, 11) is 0. The molecule has 5 nitrogen and oxygen atoms in total. The fourth-order valence-electron chi connectivity index (χ4n) is 1.07. The van der Waals surface area contributed by atoms with Crippen molar-refractivity contribution in [3.05, 3.63) is 11.9 Å². The summed E-state index contributed by atoms with van der Waals surface area (Å²) in [6, 6.07) is 0. The van der Waals surface area contributed by atoms with Crippen molar-refractivity contribution in [2.45, 2.75) is 20.8 Å². The van der Waals surface area contributed by atoms with Crippen LogP contribution in [0.5, 0.6) is 0 Å². The molecule has 0 radical (unpaired) electrons. The van der Waals surface area contributed by atoms with Gasteiger partial charge in [0.25, 0.3) is 0 Å². The molecule has 0 fully saturated rings. The van der Waals surface area contributed by atoms with E-state index >= 15 is 0 Å². The number of nitrogens with zero attached hydrogens (tertiary/aromatic N) is 2. The fourth-order valence-corrected chi connectivity index (χ4v) is 1.07. The van der Waals surface area contributed by atoms with Crippen molar-refractivity contribution in [1.29, 1.82) is 0 Å². The second-order valence-corrected chi connectivity index (χ2v) is 3.61. The van der Waals surface area contributed by atoms with Crippen LogP contribution in [0.15, 0.2) is 6.33 Å². The zero-order valence-corrected chi connectivity index (χ0v) is 8.83. The van der Waals surface area contributed by atoms with Crippen molar-refractivity contribution in [2.75, 3.05) is 17.3 Å². The van der Waals surface area contributed by atoms with Crippen LogP contribution >= 0.6 is 0 Å². The minimum Gasteiger partial charge on any atom is -0.369 e. The molecule has 0 saturated carbocycles. The van der Waals surface area contributed by atoms with Crippen molar-refractivity contribution < 1.29 is 0 Å². The zero-order valence-electron chi connectivity index (χ0n) is 8.83. The normalized spacial score (nSPS) is 10.4. The molecule has 78 valence electrons. The lowest BCUT2D eigenvalue weighted by Gasteiger charge is -2.12. The van der Waals surface area contributed by atoms with Crippen LogP contribution in [0.25, 0.3) is 0 Å². The number of anilines is 2. The van der Waals surface area contributed by atoms with Crippen molar-refractivity contribution in [2.24, 2.45) is 11.8 Å². The number of hydrogen-bond acceptors (Lipinski definition) is 5. The van der Waals surface area contributed by atoms with Gasteiger partial charge in [0.05, 0.1) is 0 Å². The fraction of sp³-hybridized carbons (Fsp3) is 0.556. The van der Waals surface area contributed by atoms with Crippen molar-refractivity contribution in [1.82, 2.24) is 9.97 Å². The largest absolute Gasteiger partial charge is 0.369 e. The van der Waals surface area contributed by atoms with E-state index in [1.54, 1.807) is 0 Å². The Morgan fingerprint density at radius 3 is 2.57 bits per heavy atom. The first-order valence-electron chi connectivity index (χ1n) is 4.67. The molecular formula is C9H17N5. The standard InChI is InChI=1S/C9H17N5/c1-6(2)4-11-8-7(3)9(14-10)13-5-12-8/h5-6H,4,10H2,1-3H3,(H2,11,12,13,14). The average molecular weight is 195 g/mol. The number of aromatic nitrogens is 2. The van der Waals surface area contributed by atoms with Crippen LogP contribution < -0.4 is 16.6 Å². The number of nitrogens with two attached hydrogens (primary N) is 1. The lowest BCUT2D eigenvalue weighted by molar-refractivity contribution is 0.686. The summed E-state index contributed by atoms with van der Waals surface area (Å²) in [5.74, 6) is 7.38. The molecule has 0 aliphatic carbocycles. The third-order valence-corrected chi connectivity index (χ3v) is 1.90. The summed E-state index contributed by atoms with van der Waals surface area (Å²) < 4.78 is 0. The Bertz CT molecular complexity index is 297. The molecule has 5 heteroatoms. The number of hydrazine groups is 1. The first-order valence-corrected chi connectivity index (χ1v) is 4.67. The van der Waals surface area contributed by atoms with Crippen LogP contribution in [0.1, 0.15) is 19.4 Å². The third kappa shape index (κ3) is 2.56. The van der Waals surface area contributed by atoms with Gasteiger partial charge in [0.15, 0.2) is 0 Å². The van der Waals surface area contributed by atoms with Gasteiger partial charge in [0.2, 0.25) is 0 Å². The van der Waals surface area contributed by atoms with Crippen LogP contribution in [-0.2, 0) is 0 Å². The molecule has 0 saturated heterocycles. The Morgan fingerprint density at radius 1 is 1.36 bits per heavy atom. The summed E-state index contributed by atoms with van der Waals surface area (Å²) in [5.41, 5.74) is 3.47. The summed E-state index contributed by atoms with van der Waals surface area (Å²) in [6.07, 6.45) is 1.49. The lowest BCUT2D eigenvalue weighted by atomic mass is 10.2. The monoisotopic (exact) mass is 195 g/mol. The molecule has 14 heavy (non-hydrogen) atoms. The van der Waals surface area contributed by atoms with Gasteiger partial charge < -0.3 is 10.7 Å². The predicted molar refractivity (Wildman–Crippen MR) is 57.9 cm³/mol. The Kier molecular flexibility index (Phi) is 3.64. The minimum atomic E-state index is 0.582. The van der Waals surface area contributed by atoms with E-state index in [1.807, 2.05) is 6.92 Å². The molecule has 0 amide bonds. The maximum Gasteiger partial charge on any atom is 0.148 e. The number of rotatable bonds is 4. The van der Waals surface area contributed by atoms with E-state index in [4.69, 9.17) is 5.84 Å². The van der Waals surface area contributed by atoms with Crippen molar-refractivity contribution in [3.8, 4) is 0 Å². The van der Waals surface area contributed by atoms with Gasteiger partial charge in [-0.15, -0.1) is 0 Å². The van der Waals surface area contributed by atoms with Gasteiger partial charge in [0, 0.05) is 12.1 Å². The summed E-state index contributed by atoms with van der Waals surface area (Å²) >= 11 is 0. The molecular weight excluding hydrogens is 178 g/mol. The van der Waals surface area contributed by atoms with E-state index in [2.05, 4.69) is 34.6 Å². The highest BCUT2D eigenvalue weighted by Gasteiger charge is 2.05. The highest BCUT2D eigenvalue weighted by molar-refractivity contribution is 5.55. The van der Waals surface area contributed by atoms with Crippen LogP contribution in [0, 0.1) is 12.8 Å². The Balaban J connectivity index is 2.76. The number of hydrogen-bond donors (Lipinski definition) is 3. The molecule has 0 atom stereocenters. The van der Waals surface area contributed by atoms with Crippen molar-refractivity contribution >= 4 is 11.6 Å². The molecule has 0 aliphatic rings. The highest BCUT2D eigenvalue weighted by atomic mass is 15.3. The quantitative estimate of drug-likeness (QED) is 0.496. The van der Waals surface area contributed by atoms with Crippen LogP contribution in [0.2, 0.25) is 0 Å². The molecule has 1 heterocycles. The SMILES string of the molecule is Cc1c(NN)ncnc1NCC(C)C. The van der Waals surface area contributed by atoms with Gasteiger partial charge in [-0.05, 0) is 12.8 Å². The number of nitrogen functional groups attached to an aromatic ring is 1. The highest BCUT2D eigenvalue weighted by Crippen LogP contribution is 2.16. The van der Waals surface area contributed by atoms with Crippen LogP contribution in [0.3, 0.4) is 0 Å². The molecule has 0 spiro atoms. The maximum absolute atomic E-state index is 5.31. The van der Waals surface area contributed by atoms with E-state index in [9.17, 15) is 0 Å². The van der Waals surface area contributed by atoms with Gasteiger partial charge in [0.1, 0.15) is 18.0 Å². The second kappa shape index (κ2) is 4.76. The Morgan fingerprint density at radius 2 is 2.00 bits per heavy atom. The minimum absolute atomic E-state index is 0.582. The Hall–Kier alpha value is -1.36. The van der Waals surface area contributed by atoms with E-state index in [0.29, 0.717) is 11.7 Å². The van der Waals surface area contributed by atoms with Crippen LogP contribution in [-0.4, -0.2) is 16.5 Å². The average Bonchev–Trinajstić information content (AvgIpc) is 2.16. The summed E-state index contributed by atoms with van der Waals surface area (Å²) in [5, 5.41) is 3.24. The molecule has 0 unspecified atom stereocenters. The first-order chi connectivity index (χ1) is 6.65. The second-order valence-electron chi connectivity index (χ2n) is 3.61. The summed E-state index contributed by atoms with van der Waals surface area (Å²) in [6.45, 7) is 7.11. The molecule has 1 aromatic rings. The molecule has 1 aromatic heterocycles. The van der Waals surface area contributed by atoms with Gasteiger partial charge in [-0.1, -0.05) is 13.8 Å². The van der Waals surface area contributed by atoms with E-state index in [0.717, 1.165) is 17.9 Å². The van der Waals surface area contributed by atoms with E-state index in [-0.39, 0.29) is 0 Å².